The number of pyridine rings is 1. The Morgan fingerprint density at radius 3 is 2.49 bits per heavy atom. The van der Waals surface area contributed by atoms with Crippen LogP contribution in [0.1, 0.15) is 65.9 Å². The zero-order valence-electron chi connectivity index (χ0n) is 22.2. The van der Waals surface area contributed by atoms with Gasteiger partial charge in [0.1, 0.15) is 18.3 Å². The molecular weight excluding hydrogens is 468 g/mol. The molecule has 3 aliphatic heterocycles. The molecule has 0 saturated carbocycles. The summed E-state index contributed by atoms with van der Waals surface area (Å²) in [6, 6.07) is 12.1. The fourth-order valence-corrected chi connectivity index (χ4v) is 6.33. The highest BCUT2D eigenvalue weighted by Gasteiger charge is 2.59. The van der Waals surface area contributed by atoms with E-state index in [0.29, 0.717) is 18.4 Å². The van der Waals surface area contributed by atoms with E-state index < -0.39 is 5.60 Å². The van der Waals surface area contributed by atoms with Crippen LogP contribution in [0.15, 0.2) is 48.8 Å². The molecule has 194 valence electrons. The molecule has 5 heterocycles. The standard InChI is InChI=1S/C29H34N4O4/c1-27(2,3)37-26(34)33-28(4)11-12-29(33,5)17-21(16-28)36-24-10-9-23-22-8-7-20(32-14-6-13-30-32)15-19(22)18-35-25(23)31-24/h6-10,13-15,21H,11-12,16-18H2,1-5H3/t21?,28-,29+. The van der Waals surface area contributed by atoms with Crippen molar-refractivity contribution in [1.82, 2.24) is 19.7 Å². The van der Waals surface area contributed by atoms with E-state index in [4.69, 9.17) is 19.2 Å². The van der Waals surface area contributed by atoms with Gasteiger partial charge in [0.05, 0.1) is 5.69 Å². The number of hydrogen-bond donors (Lipinski definition) is 0. The van der Waals surface area contributed by atoms with Gasteiger partial charge < -0.3 is 14.2 Å². The zero-order valence-corrected chi connectivity index (χ0v) is 22.2. The van der Waals surface area contributed by atoms with Crippen molar-refractivity contribution >= 4 is 6.09 Å². The van der Waals surface area contributed by atoms with E-state index in [1.54, 1.807) is 6.20 Å². The number of carbonyl (C=O) groups is 1. The number of fused-ring (bicyclic) bond motifs is 5. The lowest BCUT2D eigenvalue weighted by Crippen LogP contribution is -2.62. The molecule has 2 aromatic heterocycles. The van der Waals surface area contributed by atoms with Crippen LogP contribution < -0.4 is 9.47 Å². The fraction of sp³-hybridized carbons (Fsp3) is 0.483. The number of rotatable bonds is 3. The van der Waals surface area contributed by atoms with E-state index in [0.717, 1.165) is 48.1 Å². The summed E-state index contributed by atoms with van der Waals surface area (Å²) >= 11 is 0. The Balaban J connectivity index is 1.20. The average molecular weight is 503 g/mol. The van der Waals surface area contributed by atoms with Crippen molar-refractivity contribution in [3.63, 3.8) is 0 Å². The van der Waals surface area contributed by atoms with Crippen LogP contribution in [0.3, 0.4) is 0 Å². The van der Waals surface area contributed by atoms with Crippen molar-refractivity contribution in [3.05, 3.63) is 54.4 Å². The van der Waals surface area contributed by atoms with Gasteiger partial charge in [0.2, 0.25) is 11.8 Å². The van der Waals surface area contributed by atoms with Crippen molar-refractivity contribution in [2.24, 2.45) is 0 Å². The monoisotopic (exact) mass is 502 g/mol. The molecule has 8 nitrogen and oxygen atoms in total. The Morgan fingerprint density at radius 2 is 1.81 bits per heavy atom. The molecule has 0 aliphatic carbocycles. The second kappa shape index (κ2) is 8.23. The molecule has 1 unspecified atom stereocenters. The van der Waals surface area contributed by atoms with Crippen molar-refractivity contribution in [2.45, 2.75) is 89.7 Å². The third-order valence-corrected chi connectivity index (χ3v) is 7.83. The number of piperidine rings is 1. The maximum atomic E-state index is 13.1. The van der Waals surface area contributed by atoms with Gasteiger partial charge in [0.15, 0.2) is 0 Å². The SMILES string of the molecule is CC(C)(C)OC(=O)N1[C@@]2(C)CC[C@]1(C)CC(Oc1ccc3c(n1)OCc1cc(-n4cccn4)ccc1-3)C2. The summed E-state index contributed by atoms with van der Waals surface area (Å²) in [6.45, 7) is 10.5. The number of hydrogen-bond acceptors (Lipinski definition) is 6. The van der Waals surface area contributed by atoms with Gasteiger partial charge in [-0.25, -0.2) is 9.48 Å². The Labute approximate surface area is 217 Å². The second-order valence-corrected chi connectivity index (χ2v) is 12.0. The lowest BCUT2D eigenvalue weighted by atomic mass is 9.84. The van der Waals surface area contributed by atoms with Crippen LogP contribution in [-0.4, -0.2) is 48.5 Å². The van der Waals surface area contributed by atoms with E-state index in [1.165, 1.54) is 0 Å². The number of amides is 1. The van der Waals surface area contributed by atoms with E-state index >= 15 is 0 Å². The molecule has 8 heteroatoms. The van der Waals surface area contributed by atoms with Gasteiger partial charge >= 0.3 is 6.09 Å². The summed E-state index contributed by atoms with van der Waals surface area (Å²) in [6.07, 6.45) is 6.75. The maximum absolute atomic E-state index is 13.1. The molecule has 0 spiro atoms. The highest BCUT2D eigenvalue weighted by Crippen LogP contribution is 2.52. The first-order chi connectivity index (χ1) is 17.5. The van der Waals surface area contributed by atoms with Crippen LogP contribution in [0.4, 0.5) is 4.79 Å². The predicted molar refractivity (Wildman–Crippen MR) is 139 cm³/mol. The molecule has 2 bridgehead atoms. The number of benzene rings is 1. The average Bonchev–Trinajstić information content (AvgIpc) is 3.41. The van der Waals surface area contributed by atoms with Gasteiger partial charge in [-0.1, -0.05) is 6.07 Å². The summed E-state index contributed by atoms with van der Waals surface area (Å²) in [5.41, 5.74) is 3.02. The van der Waals surface area contributed by atoms with Crippen LogP contribution >= 0.6 is 0 Å². The van der Waals surface area contributed by atoms with Gasteiger partial charge in [-0.05, 0) is 82.9 Å². The van der Waals surface area contributed by atoms with Gasteiger partial charge in [-0.15, -0.1) is 0 Å². The predicted octanol–water partition coefficient (Wildman–Crippen LogP) is 5.92. The van der Waals surface area contributed by atoms with E-state index in [9.17, 15) is 4.79 Å². The van der Waals surface area contributed by atoms with Gasteiger partial charge in [0, 0.05) is 47.9 Å². The first kappa shape index (κ1) is 23.8. The molecular formula is C29H34N4O4. The lowest BCUT2D eigenvalue weighted by Gasteiger charge is -2.50. The maximum Gasteiger partial charge on any atom is 0.411 e. The lowest BCUT2D eigenvalue weighted by molar-refractivity contribution is -0.0583. The third-order valence-electron chi connectivity index (χ3n) is 7.83. The molecule has 2 saturated heterocycles. The normalized spacial score (nSPS) is 26.2. The molecule has 0 radical (unpaired) electrons. The molecule has 1 aromatic carbocycles. The van der Waals surface area contributed by atoms with Crippen LogP contribution in [0.5, 0.6) is 11.8 Å². The summed E-state index contributed by atoms with van der Waals surface area (Å²) in [7, 11) is 0. The first-order valence-corrected chi connectivity index (χ1v) is 13.0. The van der Waals surface area contributed by atoms with E-state index in [-0.39, 0.29) is 23.3 Å². The quantitative estimate of drug-likeness (QED) is 0.443. The third kappa shape index (κ3) is 4.22. The number of aromatic nitrogens is 3. The summed E-state index contributed by atoms with van der Waals surface area (Å²) < 4.78 is 20.1. The Hall–Kier alpha value is -3.55. The Bertz CT molecular complexity index is 1330. The molecule has 3 aliphatic rings. The molecule has 37 heavy (non-hydrogen) atoms. The van der Waals surface area contributed by atoms with Crippen molar-refractivity contribution < 1.29 is 19.0 Å². The van der Waals surface area contributed by atoms with Gasteiger partial charge in [0.25, 0.3) is 0 Å². The number of carbonyl (C=O) groups excluding carboxylic acids is 1. The van der Waals surface area contributed by atoms with Gasteiger partial charge in [-0.2, -0.15) is 10.1 Å². The molecule has 6 rings (SSSR count). The Morgan fingerprint density at radius 1 is 1.08 bits per heavy atom. The van der Waals surface area contributed by atoms with Crippen LogP contribution in [0, 0.1) is 0 Å². The minimum Gasteiger partial charge on any atom is -0.474 e. The molecule has 2 fully saturated rings. The first-order valence-electron chi connectivity index (χ1n) is 13.0. The van der Waals surface area contributed by atoms with Gasteiger partial charge in [-0.3, -0.25) is 4.90 Å². The highest BCUT2D eigenvalue weighted by molar-refractivity contribution is 5.75. The van der Waals surface area contributed by atoms with Crippen molar-refractivity contribution in [3.8, 4) is 28.6 Å². The number of nitrogens with zero attached hydrogens (tertiary/aromatic N) is 4. The molecule has 0 N–H and O–H groups in total. The summed E-state index contributed by atoms with van der Waals surface area (Å²) in [5.74, 6) is 1.14. The molecule has 3 atom stereocenters. The largest absolute Gasteiger partial charge is 0.474 e. The minimum absolute atomic E-state index is 0.0470. The zero-order chi connectivity index (χ0) is 26.0. The van der Waals surface area contributed by atoms with Crippen LogP contribution in [0.2, 0.25) is 0 Å². The Kier molecular flexibility index (Phi) is 5.30. The fourth-order valence-electron chi connectivity index (χ4n) is 6.33. The van der Waals surface area contributed by atoms with Crippen molar-refractivity contribution in [2.75, 3.05) is 0 Å². The molecule has 3 aromatic rings. The summed E-state index contributed by atoms with van der Waals surface area (Å²) in [5, 5.41) is 4.32. The highest BCUT2D eigenvalue weighted by atomic mass is 16.6. The van der Waals surface area contributed by atoms with E-state index in [1.807, 2.05) is 54.7 Å². The van der Waals surface area contributed by atoms with Crippen molar-refractivity contribution in [1.29, 1.82) is 0 Å². The topological polar surface area (TPSA) is 78.7 Å². The van der Waals surface area contributed by atoms with Crippen LogP contribution in [0.25, 0.3) is 16.8 Å². The number of ether oxygens (including phenoxy) is 3. The van der Waals surface area contributed by atoms with E-state index in [2.05, 4.69) is 37.1 Å². The summed E-state index contributed by atoms with van der Waals surface area (Å²) in [4.78, 5) is 19.8. The van der Waals surface area contributed by atoms with Crippen LogP contribution in [-0.2, 0) is 11.3 Å². The smallest absolute Gasteiger partial charge is 0.411 e. The minimum atomic E-state index is -0.525. The molecule has 1 amide bonds. The second-order valence-electron chi connectivity index (χ2n) is 12.0.